The first-order valence-electron chi connectivity index (χ1n) is 8.89. The molecule has 1 aliphatic rings. The lowest BCUT2D eigenvalue weighted by Crippen LogP contribution is -2.45. The molecule has 2 amide bonds. The van der Waals surface area contributed by atoms with Crippen molar-refractivity contribution in [1.82, 2.24) is 20.4 Å². The highest BCUT2D eigenvalue weighted by atomic mass is 32.1. The maximum Gasteiger partial charge on any atom is 0.321 e. The molecule has 1 aromatic carbocycles. The second kappa shape index (κ2) is 8.92. The molecule has 2 N–H and O–H groups in total. The summed E-state index contributed by atoms with van der Waals surface area (Å²) in [5, 5.41) is 15.5. The fourth-order valence-electron chi connectivity index (χ4n) is 3.01. The second-order valence-electron chi connectivity index (χ2n) is 6.39. The van der Waals surface area contributed by atoms with E-state index >= 15 is 0 Å². The van der Waals surface area contributed by atoms with Crippen molar-refractivity contribution in [2.45, 2.75) is 45.2 Å². The van der Waals surface area contributed by atoms with E-state index in [4.69, 9.17) is 0 Å². The largest absolute Gasteiger partial charge is 0.335 e. The van der Waals surface area contributed by atoms with Crippen LogP contribution in [0.3, 0.4) is 0 Å². The van der Waals surface area contributed by atoms with Gasteiger partial charge in [0.15, 0.2) is 0 Å². The summed E-state index contributed by atoms with van der Waals surface area (Å²) >= 11 is 1.45. The van der Waals surface area contributed by atoms with Gasteiger partial charge in [0.25, 0.3) is 0 Å². The third kappa shape index (κ3) is 5.51. The van der Waals surface area contributed by atoms with Crippen molar-refractivity contribution in [2.75, 3.05) is 18.4 Å². The minimum absolute atomic E-state index is 0.180. The van der Waals surface area contributed by atoms with Crippen LogP contribution in [-0.2, 0) is 13.0 Å². The average Bonchev–Trinajstić information content (AvgIpc) is 3.05. The number of likely N-dealkylation sites (tertiary alicyclic amines) is 1. The quantitative estimate of drug-likeness (QED) is 0.830. The first-order valence-corrected chi connectivity index (χ1v) is 9.70. The van der Waals surface area contributed by atoms with Crippen molar-refractivity contribution in [1.29, 1.82) is 0 Å². The number of rotatable bonds is 6. The van der Waals surface area contributed by atoms with E-state index in [0.29, 0.717) is 5.13 Å². The van der Waals surface area contributed by atoms with Gasteiger partial charge in [0.1, 0.15) is 5.01 Å². The summed E-state index contributed by atoms with van der Waals surface area (Å²) in [6.07, 6.45) is 3.87. The molecule has 1 fully saturated rings. The van der Waals surface area contributed by atoms with E-state index in [-0.39, 0.29) is 12.1 Å². The van der Waals surface area contributed by atoms with Crippen LogP contribution >= 0.6 is 11.3 Å². The highest BCUT2D eigenvalue weighted by Crippen LogP contribution is 2.17. The minimum atomic E-state index is -0.180. The Morgan fingerprint density at radius 3 is 2.72 bits per heavy atom. The van der Waals surface area contributed by atoms with E-state index in [2.05, 4.69) is 56.9 Å². The van der Waals surface area contributed by atoms with Gasteiger partial charge >= 0.3 is 6.03 Å². The third-order valence-corrected chi connectivity index (χ3v) is 5.22. The highest BCUT2D eigenvalue weighted by Gasteiger charge is 2.21. The molecule has 134 valence electrons. The van der Waals surface area contributed by atoms with Gasteiger partial charge in [0, 0.05) is 32.1 Å². The van der Waals surface area contributed by atoms with E-state index in [0.717, 1.165) is 50.3 Å². The molecule has 1 aliphatic heterocycles. The number of hydrogen-bond acceptors (Lipinski definition) is 5. The Hall–Kier alpha value is -1.99. The zero-order valence-electron chi connectivity index (χ0n) is 14.6. The van der Waals surface area contributed by atoms with Crippen LogP contribution in [0.25, 0.3) is 0 Å². The molecule has 2 aromatic rings. The summed E-state index contributed by atoms with van der Waals surface area (Å²) in [5.74, 6) is 0. The van der Waals surface area contributed by atoms with Gasteiger partial charge in [-0.15, -0.1) is 10.2 Å². The van der Waals surface area contributed by atoms with E-state index < -0.39 is 0 Å². The van der Waals surface area contributed by atoms with Crippen molar-refractivity contribution in [3.8, 4) is 0 Å². The molecule has 25 heavy (non-hydrogen) atoms. The number of nitrogens with zero attached hydrogens (tertiary/aromatic N) is 3. The smallest absolute Gasteiger partial charge is 0.321 e. The molecule has 1 saturated heterocycles. The van der Waals surface area contributed by atoms with Crippen LogP contribution in [0.1, 0.15) is 36.8 Å². The Bertz CT molecular complexity index is 667. The number of piperidine rings is 1. The fourth-order valence-corrected chi connectivity index (χ4v) is 3.85. The van der Waals surface area contributed by atoms with E-state index in [1.54, 1.807) is 0 Å². The number of nitrogens with one attached hydrogen (secondary N) is 2. The van der Waals surface area contributed by atoms with Crippen LogP contribution in [0.15, 0.2) is 30.3 Å². The van der Waals surface area contributed by atoms with Crippen molar-refractivity contribution >= 4 is 22.5 Å². The fraction of sp³-hybridized carbons (Fsp3) is 0.500. The third-order valence-electron chi connectivity index (χ3n) is 4.32. The number of aryl methyl sites for hydroxylation is 1. The van der Waals surface area contributed by atoms with Crippen LogP contribution in [0.5, 0.6) is 0 Å². The van der Waals surface area contributed by atoms with Crippen LogP contribution in [-0.4, -0.2) is 40.3 Å². The Balaban J connectivity index is 1.40. The molecule has 0 bridgehead atoms. The summed E-state index contributed by atoms with van der Waals surface area (Å²) in [5.41, 5.74) is 1.34. The van der Waals surface area contributed by atoms with Gasteiger partial charge in [-0.3, -0.25) is 10.2 Å². The molecular formula is C18H25N5OS. The van der Waals surface area contributed by atoms with Crippen LogP contribution in [0, 0.1) is 0 Å². The molecular weight excluding hydrogens is 334 g/mol. The van der Waals surface area contributed by atoms with E-state index in [1.807, 2.05) is 6.07 Å². The topological polar surface area (TPSA) is 70.1 Å². The normalized spacial score (nSPS) is 15.9. The maximum atomic E-state index is 12.1. The average molecular weight is 359 g/mol. The number of urea groups is 1. The van der Waals surface area contributed by atoms with Gasteiger partial charge in [0.2, 0.25) is 5.13 Å². The number of anilines is 1. The number of aromatic nitrogens is 2. The van der Waals surface area contributed by atoms with E-state index in [9.17, 15) is 4.79 Å². The predicted octanol–water partition coefficient (Wildman–Crippen LogP) is 3.28. The molecule has 1 aromatic heterocycles. The van der Waals surface area contributed by atoms with Crippen molar-refractivity contribution in [3.63, 3.8) is 0 Å². The lowest BCUT2D eigenvalue weighted by atomic mass is 10.0. The van der Waals surface area contributed by atoms with Gasteiger partial charge in [0.05, 0.1) is 0 Å². The predicted molar refractivity (Wildman–Crippen MR) is 101 cm³/mol. The number of carbonyl (C=O) groups excluding carboxylic acids is 1. The summed E-state index contributed by atoms with van der Waals surface area (Å²) < 4.78 is 0. The molecule has 6 nitrogen and oxygen atoms in total. The van der Waals surface area contributed by atoms with Crippen LogP contribution < -0.4 is 10.6 Å². The zero-order valence-corrected chi connectivity index (χ0v) is 15.4. The van der Waals surface area contributed by atoms with Gasteiger partial charge in [-0.25, -0.2) is 4.79 Å². The monoisotopic (exact) mass is 359 g/mol. The summed E-state index contributed by atoms with van der Waals surface area (Å²) in [7, 11) is 0. The second-order valence-corrected chi connectivity index (χ2v) is 7.45. The van der Waals surface area contributed by atoms with Crippen molar-refractivity contribution in [3.05, 3.63) is 40.9 Å². The Morgan fingerprint density at radius 2 is 2.00 bits per heavy atom. The van der Waals surface area contributed by atoms with Gasteiger partial charge < -0.3 is 5.32 Å². The number of hydrogen-bond donors (Lipinski definition) is 2. The summed E-state index contributed by atoms with van der Waals surface area (Å²) in [6, 6.07) is 10.6. The van der Waals surface area contributed by atoms with Gasteiger partial charge in [-0.1, -0.05) is 48.6 Å². The first kappa shape index (κ1) is 17.8. The Kier molecular flexibility index (Phi) is 6.36. The maximum absolute atomic E-state index is 12.1. The number of amides is 2. The summed E-state index contributed by atoms with van der Waals surface area (Å²) in [4.78, 5) is 14.6. The molecule has 3 rings (SSSR count). The van der Waals surface area contributed by atoms with Crippen LogP contribution in [0.2, 0.25) is 0 Å². The molecule has 7 heteroatoms. The molecule has 0 atom stereocenters. The minimum Gasteiger partial charge on any atom is -0.335 e. The molecule has 0 saturated carbocycles. The van der Waals surface area contributed by atoms with Crippen LogP contribution in [0.4, 0.5) is 9.93 Å². The number of benzene rings is 1. The van der Waals surface area contributed by atoms with E-state index in [1.165, 1.54) is 16.9 Å². The highest BCUT2D eigenvalue weighted by molar-refractivity contribution is 7.15. The van der Waals surface area contributed by atoms with Crippen molar-refractivity contribution < 1.29 is 4.79 Å². The van der Waals surface area contributed by atoms with Gasteiger partial charge in [-0.05, 0) is 24.8 Å². The first-order chi connectivity index (χ1) is 12.2. The van der Waals surface area contributed by atoms with Gasteiger partial charge in [-0.2, -0.15) is 0 Å². The molecule has 0 radical (unpaired) electrons. The zero-order chi connectivity index (χ0) is 17.5. The SMILES string of the molecule is CCCc1nnc(NC(=O)NC2CCN(Cc3ccccc3)CC2)s1. The Morgan fingerprint density at radius 1 is 1.24 bits per heavy atom. The molecule has 2 heterocycles. The Labute approximate surface area is 152 Å². The molecule has 0 aliphatic carbocycles. The summed E-state index contributed by atoms with van der Waals surface area (Å²) in [6.45, 7) is 5.08. The molecule has 0 unspecified atom stereocenters. The number of carbonyl (C=O) groups is 1. The standard InChI is InChI=1S/C18H25N5OS/c1-2-6-16-21-22-18(25-16)20-17(24)19-15-9-11-23(12-10-15)13-14-7-4-3-5-8-14/h3-5,7-8,15H,2,6,9-13H2,1H3,(H2,19,20,22,24). The lowest BCUT2D eigenvalue weighted by Gasteiger charge is -2.32. The lowest BCUT2D eigenvalue weighted by molar-refractivity contribution is 0.190. The molecule has 0 spiro atoms. The van der Waals surface area contributed by atoms with Crippen molar-refractivity contribution in [2.24, 2.45) is 0 Å².